The van der Waals surface area contributed by atoms with Gasteiger partial charge in [0.05, 0.1) is 12.1 Å². The lowest BCUT2D eigenvalue weighted by Crippen LogP contribution is -2.14. The van der Waals surface area contributed by atoms with Gasteiger partial charge in [0, 0.05) is 22.2 Å². The molecule has 3 rings (SSSR count). The summed E-state index contributed by atoms with van der Waals surface area (Å²) in [5, 5.41) is 5.21. The van der Waals surface area contributed by atoms with Crippen molar-refractivity contribution in [1.82, 2.24) is 4.98 Å². The molecule has 2 aromatic carbocycles. The average Bonchev–Trinajstić information content (AvgIpc) is 3.03. The number of carbonyl (C=O) groups is 2. The molecule has 1 aromatic heterocycles. The number of rotatable bonds is 5. The van der Waals surface area contributed by atoms with E-state index in [9.17, 15) is 14.0 Å². The molecule has 0 aliphatic heterocycles. The minimum atomic E-state index is -0.322. The number of benzene rings is 2. The van der Waals surface area contributed by atoms with Gasteiger partial charge in [0.1, 0.15) is 10.8 Å². The number of thiazole rings is 1. The molecule has 0 fully saturated rings. The first-order valence-corrected chi connectivity index (χ1v) is 8.50. The summed E-state index contributed by atoms with van der Waals surface area (Å²) in [4.78, 5) is 27.9. The lowest BCUT2D eigenvalue weighted by atomic mass is 10.1. The van der Waals surface area contributed by atoms with Crippen LogP contribution < -0.4 is 5.32 Å². The Morgan fingerprint density at radius 3 is 2.72 bits per heavy atom. The van der Waals surface area contributed by atoms with E-state index in [4.69, 9.17) is 0 Å². The van der Waals surface area contributed by atoms with E-state index in [-0.39, 0.29) is 23.9 Å². The van der Waals surface area contributed by atoms with Gasteiger partial charge in [-0.1, -0.05) is 24.3 Å². The van der Waals surface area contributed by atoms with Crippen LogP contribution in [0.1, 0.15) is 23.0 Å². The van der Waals surface area contributed by atoms with E-state index in [0.717, 1.165) is 0 Å². The van der Waals surface area contributed by atoms with Crippen molar-refractivity contribution in [2.24, 2.45) is 0 Å². The van der Waals surface area contributed by atoms with Gasteiger partial charge in [-0.25, -0.2) is 9.37 Å². The largest absolute Gasteiger partial charge is 0.326 e. The highest BCUT2D eigenvalue weighted by Crippen LogP contribution is 2.24. The number of halogens is 1. The molecule has 0 atom stereocenters. The first kappa shape index (κ1) is 17.0. The quantitative estimate of drug-likeness (QED) is 0.694. The number of nitrogens with one attached hydrogen (secondary N) is 1. The molecule has 0 bridgehead atoms. The van der Waals surface area contributed by atoms with Crippen molar-refractivity contribution in [3.05, 3.63) is 71.0 Å². The van der Waals surface area contributed by atoms with E-state index in [2.05, 4.69) is 10.3 Å². The van der Waals surface area contributed by atoms with Crippen LogP contribution in [0.4, 0.5) is 10.1 Å². The fraction of sp³-hybridized carbons (Fsp3) is 0.105. The number of hydrogen-bond acceptors (Lipinski definition) is 4. The van der Waals surface area contributed by atoms with Crippen molar-refractivity contribution in [3.63, 3.8) is 0 Å². The minimum absolute atomic E-state index is 0.0599. The number of amides is 1. The maximum atomic E-state index is 13.3. The Hall–Kier alpha value is -2.86. The zero-order valence-corrected chi connectivity index (χ0v) is 14.3. The monoisotopic (exact) mass is 354 g/mol. The number of hydrogen-bond donors (Lipinski definition) is 1. The molecule has 3 aromatic rings. The molecule has 6 heteroatoms. The van der Waals surface area contributed by atoms with Crippen molar-refractivity contribution in [2.45, 2.75) is 13.3 Å². The van der Waals surface area contributed by atoms with Gasteiger partial charge in [0.2, 0.25) is 5.91 Å². The van der Waals surface area contributed by atoms with Crippen LogP contribution in [0.2, 0.25) is 0 Å². The summed E-state index contributed by atoms with van der Waals surface area (Å²) >= 11 is 1.36. The second-order valence-electron chi connectivity index (χ2n) is 5.52. The van der Waals surface area contributed by atoms with Crippen LogP contribution in [0.25, 0.3) is 10.6 Å². The summed E-state index contributed by atoms with van der Waals surface area (Å²) in [6.45, 7) is 1.48. The number of ketones is 1. The summed E-state index contributed by atoms with van der Waals surface area (Å²) in [6, 6.07) is 13.0. The molecule has 126 valence electrons. The summed E-state index contributed by atoms with van der Waals surface area (Å²) in [6.07, 6.45) is 0.107. The maximum absolute atomic E-state index is 13.3. The van der Waals surface area contributed by atoms with Crippen molar-refractivity contribution in [2.75, 3.05) is 5.32 Å². The van der Waals surface area contributed by atoms with Crippen LogP contribution in [-0.2, 0) is 11.2 Å². The fourth-order valence-corrected chi connectivity index (χ4v) is 3.14. The zero-order valence-electron chi connectivity index (χ0n) is 13.5. The molecule has 0 aliphatic rings. The van der Waals surface area contributed by atoms with Crippen molar-refractivity contribution in [1.29, 1.82) is 0 Å². The second kappa shape index (κ2) is 7.36. The van der Waals surface area contributed by atoms with Crippen LogP contribution >= 0.6 is 11.3 Å². The molecule has 25 heavy (non-hydrogen) atoms. The molecule has 1 N–H and O–H groups in total. The zero-order chi connectivity index (χ0) is 17.8. The third-order valence-electron chi connectivity index (χ3n) is 3.52. The highest BCUT2D eigenvalue weighted by molar-refractivity contribution is 7.13. The van der Waals surface area contributed by atoms with Gasteiger partial charge < -0.3 is 5.32 Å². The summed E-state index contributed by atoms with van der Waals surface area (Å²) < 4.78 is 13.3. The van der Waals surface area contributed by atoms with Gasteiger partial charge in [-0.3, -0.25) is 9.59 Å². The molecule has 1 heterocycles. The van der Waals surface area contributed by atoms with Gasteiger partial charge in [0.25, 0.3) is 0 Å². The predicted octanol–water partition coefficient (Wildman–Crippen LogP) is 4.33. The van der Waals surface area contributed by atoms with Crippen LogP contribution in [0.3, 0.4) is 0 Å². The van der Waals surface area contributed by atoms with Gasteiger partial charge in [-0.15, -0.1) is 11.3 Å². The Bertz CT molecular complexity index is 936. The fourth-order valence-electron chi connectivity index (χ4n) is 2.33. The Labute approximate surface area is 148 Å². The van der Waals surface area contributed by atoms with Gasteiger partial charge in [-0.05, 0) is 31.2 Å². The third kappa shape index (κ3) is 4.36. The standard InChI is InChI=1S/C19H15FN2O2S/c1-12(23)13-4-3-7-16(9-13)21-18(24)10-17-11-25-19(22-17)14-5-2-6-15(20)8-14/h2-9,11H,10H2,1H3,(H,21,24). The van der Waals surface area contributed by atoms with Crippen LogP contribution in [0.15, 0.2) is 53.9 Å². The summed E-state index contributed by atoms with van der Waals surface area (Å²) in [7, 11) is 0. The first-order valence-electron chi connectivity index (χ1n) is 7.62. The van der Waals surface area contributed by atoms with Crippen molar-refractivity contribution in [3.8, 4) is 10.6 Å². The molecule has 0 saturated carbocycles. The molecular weight excluding hydrogens is 339 g/mol. The Balaban J connectivity index is 1.68. The molecule has 0 spiro atoms. The number of carbonyl (C=O) groups excluding carboxylic acids is 2. The topological polar surface area (TPSA) is 59.1 Å². The van der Waals surface area contributed by atoms with Gasteiger partial charge >= 0.3 is 0 Å². The SMILES string of the molecule is CC(=O)c1cccc(NC(=O)Cc2csc(-c3cccc(F)c3)n2)c1. The normalized spacial score (nSPS) is 10.5. The van der Waals surface area contributed by atoms with Crippen molar-refractivity contribution >= 4 is 28.7 Å². The van der Waals surface area contributed by atoms with E-state index < -0.39 is 0 Å². The van der Waals surface area contributed by atoms with E-state index >= 15 is 0 Å². The molecular formula is C19H15FN2O2S. The average molecular weight is 354 g/mol. The highest BCUT2D eigenvalue weighted by Gasteiger charge is 2.10. The third-order valence-corrected chi connectivity index (χ3v) is 4.46. The van der Waals surface area contributed by atoms with Crippen LogP contribution in [-0.4, -0.2) is 16.7 Å². The highest BCUT2D eigenvalue weighted by atomic mass is 32.1. The summed E-state index contributed by atoms with van der Waals surface area (Å²) in [5.74, 6) is -0.607. The Kier molecular flexibility index (Phi) is 5.00. The predicted molar refractivity (Wildman–Crippen MR) is 96.3 cm³/mol. The van der Waals surface area contributed by atoms with E-state index in [1.807, 2.05) is 0 Å². The minimum Gasteiger partial charge on any atom is -0.326 e. The number of aromatic nitrogens is 1. The van der Waals surface area contributed by atoms with E-state index in [1.165, 1.54) is 30.4 Å². The molecule has 0 unspecified atom stereocenters. The van der Waals surface area contributed by atoms with Crippen LogP contribution in [0, 0.1) is 5.82 Å². The first-order chi connectivity index (χ1) is 12.0. The molecule has 0 radical (unpaired) electrons. The summed E-state index contributed by atoms with van der Waals surface area (Å²) in [5.41, 5.74) is 2.41. The number of Topliss-reactive ketones (excluding diaryl/α,β-unsaturated/α-hetero) is 1. The lowest BCUT2D eigenvalue weighted by molar-refractivity contribution is -0.115. The van der Waals surface area contributed by atoms with Crippen LogP contribution in [0.5, 0.6) is 0 Å². The smallest absolute Gasteiger partial charge is 0.230 e. The maximum Gasteiger partial charge on any atom is 0.230 e. The number of nitrogens with zero attached hydrogens (tertiary/aromatic N) is 1. The van der Waals surface area contributed by atoms with Gasteiger partial charge in [0.15, 0.2) is 5.78 Å². The lowest BCUT2D eigenvalue weighted by Gasteiger charge is -2.05. The number of anilines is 1. The molecule has 4 nitrogen and oxygen atoms in total. The Morgan fingerprint density at radius 2 is 1.96 bits per heavy atom. The molecule has 0 saturated heterocycles. The molecule has 0 aliphatic carbocycles. The van der Waals surface area contributed by atoms with Crippen molar-refractivity contribution < 1.29 is 14.0 Å². The molecule has 1 amide bonds. The Morgan fingerprint density at radius 1 is 1.16 bits per heavy atom. The second-order valence-corrected chi connectivity index (χ2v) is 6.37. The van der Waals surface area contributed by atoms with Gasteiger partial charge in [-0.2, -0.15) is 0 Å². The van der Waals surface area contributed by atoms with E-state index in [0.29, 0.717) is 27.5 Å². The van der Waals surface area contributed by atoms with E-state index in [1.54, 1.807) is 41.8 Å².